The fourth-order valence-corrected chi connectivity index (χ4v) is 3.98. The molecule has 34 heavy (non-hydrogen) atoms. The van der Waals surface area contributed by atoms with Gasteiger partial charge in [-0.1, -0.05) is 0 Å². The van der Waals surface area contributed by atoms with Crippen LogP contribution in [-0.4, -0.2) is 62.7 Å². The Morgan fingerprint density at radius 2 is 2.00 bits per heavy atom. The fourth-order valence-electron chi connectivity index (χ4n) is 3.98. The van der Waals surface area contributed by atoms with E-state index in [0.717, 1.165) is 15.9 Å². The van der Waals surface area contributed by atoms with Gasteiger partial charge in [0, 0.05) is 36.2 Å². The third-order valence-corrected chi connectivity index (χ3v) is 5.37. The second-order valence-corrected chi connectivity index (χ2v) is 9.24. The van der Waals surface area contributed by atoms with Crippen LogP contribution in [0.5, 0.6) is 0 Å². The SMILES string of the molecule is CC(C)(C)OC(=O)N1CC(F)(F)CC1CN1Cc2c(F)cc(-c3nnc(C(F)F)o3)cc2C1=O. The van der Waals surface area contributed by atoms with Crippen LogP contribution in [0, 0.1) is 5.82 Å². The van der Waals surface area contributed by atoms with E-state index in [0.29, 0.717) is 0 Å². The third-order valence-electron chi connectivity index (χ3n) is 5.37. The molecule has 1 fully saturated rings. The van der Waals surface area contributed by atoms with Gasteiger partial charge in [-0.25, -0.2) is 18.0 Å². The molecular weight excluding hydrogens is 467 g/mol. The molecule has 4 rings (SSSR count). The number of halogens is 5. The summed E-state index contributed by atoms with van der Waals surface area (Å²) in [5.74, 6) is -6.00. The highest BCUT2D eigenvalue weighted by molar-refractivity contribution is 5.99. The van der Waals surface area contributed by atoms with Crippen molar-refractivity contribution >= 4 is 12.0 Å². The minimum absolute atomic E-state index is 0.0101. The molecule has 3 heterocycles. The van der Waals surface area contributed by atoms with E-state index in [9.17, 15) is 31.5 Å². The molecule has 1 atom stereocenters. The summed E-state index contributed by atoms with van der Waals surface area (Å²) in [5.41, 5.74) is -1.05. The molecule has 0 saturated carbocycles. The lowest BCUT2D eigenvalue weighted by atomic mass is 10.1. The number of rotatable bonds is 4. The number of benzene rings is 1. The molecule has 2 aliphatic rings. The van der Waals surface area contributed by atoms with Crippen molar-refractivity contribution in [2.75, 3.05) is 13.1 Å². The Kier molecular flexibility index (Phi) is 5.76. The Morgan fingerprint density at radius 1 is 1.29 bits per heavy atom. The standard InChI is InChI=1S/C21H21F5N4O4/c1-20(2,3)34-19(32)30-9-21(25,26)6-11(30)7-29-8-13-12(18(29)31)4-10(5-14(13)22)16-27-28-17(33-16)15(23)24/h4-5,11,15H,6-9H2,1-3H3. The van der Waals surface area contributed by atoms with Crippen LogP contribution >= 0.6 is 0 Å². The molecule has 2 aliphatic heterocycles. The molecule has 2 aromatic rings. The first-order valence-corrected chi connectivity index (χ1v) is 10.3. The highest BCUT2D eigenvalue weighted by Gasteiger charge is 2.49. The lowest BCUT2D eigenvalue weighted by molar-refractivity contribution is -0.00263. The molecular formula is C21H21F5N4O4. The van der Waals surface area contributed by atoms with E-state index in [1.165, 1.54) is 6.07 Å². The van der Waals surface area contributed by atoms with Crippen molar-refractivity contribution < 1.29 is 40.7 Å². The van der Waals surface area contributed by atoms with Crippen LogP contribution in [0.25, 0.3) is 11.5 Å². The molecule has 2 amide bonds. The Bertz CT molecular complexity index is 1130. The molecule has 1 aromatic heterocycles. The minimum Gasteiger partial charge on any atom is -0.444 e. The van der Waals surface area contributed by atoms with E-state index in [-0.39, 0.29) is 29.8 Å². The van der Waals surface area contributed by atoms with Crippen LogP contribution in [-0.2, 0) is 11.3 Å². The third kappa shape index (κ3) is 4.68. The Labute approximate surface area is 190 Å². The predicted octanol–water partition coefficient (Wildman–Crippen LogP) is 4.41. The maximum absolute atomic E-state index is 14.8. The number of likely N-dealkylation sites (tertiary alicyclic amines) is 1. The fraction of sp³-hybridized carbons (Fsp3) is 0.524. The summed E-state index contributed by atoms with van der Waals surface area (Å²) in [6.07, 6.45) is -4.63. The zero-order valence-corrected chi connectivity index (χ0v) is 18.4. The Hall–Kier alpha value is -3.25. The van der Waals surface area contributed by atoms with Crippen LogP contribution in [0.15, 0.2) is 16.5 Å². The average molecular weight is 488 g/mol. The highest BCUT2D eigenvalue weighted by atomic mass is 19.3. The van der Waals surface area contributed by atoms with Gasteiger partial charge in [-0.2, -0.15) is 8.78 Å². The van der Waals surface area contributed by atoms with Gasteiger partial charge in [-0.05, 0) is 32.9 Å². The molecule has 0 bridgehead atoms. The van der Waals surface area contributed by atoms with Gasteiger partial charge in [0.05, 0.1) is 12.6 Å². The van der Waals surface area contributed by atoms with Crippen molar-refractivity contribution in [2.45, 2.75) is 57.7 Å². The monoisotopic (exact) mass is 488 g/mol. The molecule has 0 spiro atoms. The lowest BCUT2D eigenvalue weighted by Crippen LogP contribution is -2.45. The summed E-state index contributed by atoms with van der Waals surface area (Å²) in [6.45, 7) is 3.46. The number of aromatic nitrogens is 2. The second-order valence-electron chi connectivity index (χ2n) is 9.24. The summed E-state index contributed by atoms with van der Waals surface area (Å²) in [5, 5.41) is 6.62. The number of nitrogens with zero attached hydrogens (tertiary/aromatic N) is 4. The number of carbonyl (C=O) groups is 2. The first kappa shape index (κ1) is 23.9. The first-order chi connectivity index (χ1) is 15.7. The quantitative estimate of drug-likeness (QED) is 0.593. The number of hydrogen-bond donors (Lipinski definition) is 0. The van der Waals surface area contributed by atoms with Crippen LogP contribution < -0.4 is 0 Å². The maximum atomic E-state index is 14.8. The number of alkyl halides is 4. The molecule has 0 N–H and O–H groups in total. The molecule has 8 nitrogen and oxygen atoms in total. The van der Waals surface area contributed by atoms with Crippen LogP contribution in [0.2, 0.25) is 0 Å². The van der Waals surface area contributed by atoms with Crippen LogP contribution in [0.4, 0.5) is 26.7 Å². The maximum Gasteiger partial charge on any atom is 0.410 e. The minimum atomic E-state index is -3.17. The smallest absolute Gasteiger partial charge is 0.410 e. The van der Waals surface area contributed by atoms with Gasteiger partial charge >= 0.3 is 12.5 Å². The van der Waals surface area contributed by atoms with Crippen molar-refractivity contribution in [3.05, 3.63) is 35.0 Å². The highest BCUT2D eigenvalue weighted by Crippen LogP contribution is 2.36. The van der Waals surface area contributed by atoms with Gasteiger partial charge in [0.25, 0.3) is 17.7 Å². The van der Waals surface area contributed by atoms with Crippen molar-refractivity contribution in [1.82, 2.24) is 20.0 Å². The Balaban J connectivity index is 1.55. The van der Waals surface area contributed by atoms with Crippen LogP contribution in [0.3, 0.4) is 0 Å². The molecule has 0 aliphatic carbocycles. The van der Waals surface area contributed by atoms with Crippen molar-refractivity contribution in [1.29, 1.82) is 0 Å². The van der Waals surface area contributed by atoms with Gasteiger partial charge in [0.15, 0.2) is 0 Å². The van der Waals surface area contributed by atoms with Gasteiger partial charge in [-0.15, -0.1) is 10.2 Å². The number of hydrogen-bond acceptors (Lipinski definition) is 6. The van der Waals surface area contributed by atoms with Crippen molar-refractivity contribution in [3.63, 3.8) is 0 Å². The molecule has 1 unspecified atom stereocenters. The van der Waals surface area contributed by atoms with Crippen molar-refractivity contribution in [3.8, 4) is 11.5 Å². The van der Waals surface area contributed by atoms with Gasteiger partial charge < -0.3 is 14.1 Å². The normalized spacial score (nSPS) is 19.8. The zero-order valence-electron chi connectivity index (χ0n) is 18.4. The summed E-state index contributed by atoms with van der Waals surface area (Å²) >= 11 is 0. The van der Waals surface area contributed by atoms with Gasteiger partial charge in [-0.3, -0.25) is 9.69 Å². The zero-order chi connectivity index (χ0) is 25.0. The number of ether oxygens (including phenoxy) is 1. The lowest BCUT2D eigenvalue weighted by Gasteiger charge is -2.30. The molecule has 0 radical (unpaired) electrons. The van der Waals surface area contributed by atoms with E-state index in [4.69, 9.17) is 9.15 Å². The summed E-state index contributed by atoms with van der Waals surface area (Å²) in [4.78, 5) is 27.5. The van der Waals surface area contributed by atoms with E-state index in [1.54, 1.807) is 20.8 Å². The summed E-state index contributed by atoms with van der Waals surface area (Å²) < 4.78 is 78.5. The van der Waals surface area contributed by atoms with E-state index < -0.39 is 66.6 Å². The second kappa shape index (κ2) is 8.20. The number of carbonyl (C=O) groups excluding carboxylic acids is 2. The summed E-state index contributed by atoms with van der Waals surface area (Å²) in [6, 6.07) is 1.14. The largest absolute Gasteiger partial charge is 0.444 e. The molecule has 1 saturated heterocycles. The molecule has 184 valence electrons. The average Bonchev–Trinajstić information content (AvgIpc) is 3.38. The summed E-state index contributed by atoms with van der Waals surface area (Å²) in [7, 11) is 0. The number of amides is 2. The van der Waals surface area contributed by atoms with Crippen molar-refractivity contribution in [2.24, 2.45) is 0 Å². The van der Waals surface area contributed by atoms with Gasteiger partial charge in [0.2, 0.25) is 5.89 Å². The topological polar surface area (TPSA) is 88.8 Å². The predicted molar refractivity (Wildman–Crippen MR) is 106 cm³/mol. The van der Waals surface area contributed by atoms with E-state index in [1.807, 2.05) is 0 Å². The first-order valence-electron chi connectivity index (χ1n) is 10.3. The molecule has 13 heteroatoms. The Morgan fingerprint density at radius 3 is 2.62 bits per heavy atom. The van der Waals surface area contributed by atoms with Crippen LogP contribution in [0.1, 0.15) is 55.4 Å². The van der Waals surface area contributed by atoms with E-state index in [2.05, 4.69) is 10.2 Å². The van der Waals surface area contributed by atoms with E-state index >= 15 is 0 Å². The molecule has 1 aromatic carbocycles. The van der Waals surface area contributed by atoms with Gasteiger partial charge in [0.1, 0.15) is 11.4 Å². The number of fused-ring (bicyclic) bond motifs is 1.